The molecule has 3 aromatic carbocycles. The fourth-order valence-corrected chi connectivity index (χ4v) is 13.4. The van der Waals surface area contributed by atoms with Crippen LogP contribution in [0.3, 0.4) is 0 Å². The molecule has 8 atom stereocenters. The van der Waals surface area contributed by atoms with E-state index in [1.54, 1.807) is 48.5 Å². The summed E-state index contributed by atoms with van der Waals surface area (Å²) in [4.78, 5) is 0.258. The van der Waals surface area contributed by atoms with E-state index < -0.39 is 20.2 Å². The van der Waals surface area contributed by atoms with Crippen molar-refractivity contribution < 1.29 is 29.9 Å². The number of allylic oxidation sites excluding steroid dienone is 2. The summed E-state index contributed by atoms with van der Waals surface area (Å²) in [5, 5.41) is 0. The van der Waals surface area contributed by atoms with E-state index in [0.717, 1.165) is 49.7 Å². The highest BCUT2D eigenvalue weighted by molar-refractivity contribution is 7.87. The monoisotopic (exact) mass is 774 g/mol. The summed E-state index contributed by atoms with van der Waals surface area (Å²) in [6.07, 6.45) is 8.66. The van der Waals surface area contributed by atoms with Crippen LogP contribution < -0.4 is 0 Å². The Morgan fingerprint density at radius 3 is 1.93 bits per heavy atom. The molecule has 0 saturated heterocycles. The normalized spacial score (nSPS) is 32.2. The van der Waals surface area contributed by atoms with Crippen molar-refractivity contribution in [3.8, 4) is 0 Å². The molecule has 7 nitrogen and oxygen atoms in total. The molecular formula is C45H58O7S2. The van der Waals surface area contributed by atoms with Gasteiger partial charge in [0.05, 0.1) is 36.2 Å². The maximum Gasteiger partial charge on any atom is 0.296 e. The molecule has 5 aliphatic rings. The van der Waals surface area contributed by atoms with Gasteiger partial charge in [-0.05, 0) is 128 Å². The SMILES string of the molecule is Cc1ccc(S(=O)(=O)OC[C@@H]2[C@@H](COS(=O)(=O)c3ccc(C)cc3)[C@@]34C=C(C(C)C)[C@@H]2C[C@@H]3[C@@]2(C)CCC[C@@](C)(COCc3ccccc3)[C@@H]2CC4)cc1. The van der Waals surface area contributed by atoms with Crippen LogP contribution in [0.2, 0.25) is 0 Å². The molecule has 0 amide bonds. The predicted octanol–water partition coefficient (Wildman–Crippen LogP) is 9.69. The minimum Gasteiger partial charge on any atom is -0.376 e. The molecule has 5 aliphatic carbocycles. The summed E-state index contributed by atoms with van der Waals surface area (Å²) in [5.74, 6) is 0.536. The fourth-order valence-electron chi connectivity index (χ4n) is 11.5. The Labute approximate surface area is 324 Å². The molecule has 3 fully saturated rings. The summed E-state index contributed by atoms with van der Waals surface area (Å²) in [5.41, 5.74) is 4.09. The van der Waals surface area contributed by atoms with Crippen LogP contribution in [0.15, 0.2) is 100 Å². The first-order valence-electron chi connectivity index (χ1n) is 19.8. The van der Waals surface area contributed by atoms with Crippen molar-refractivity contribution in [3.63, 3.8) is 0 Å². The molecule has 0 aliphatic heterocycles. The molecule has 0 heterocycles. The summed E-state index contributed by atoms with van der Waals surface area (Å²) < 4.78 is 73.3. The van der Waals surface area contributed by atoms with Crippen LogP contribution in [-0.2, 0) is 39.9 Å². The average molecular weight is 775 g/mol. The number of hydrogen-bond acceptors (Lipinski definition) is 7. The maximum absolute atomic E-state index is 13.8. The van der Waals surface area contributed by atoms with Crippen LogP contribution in [0.5, 0.6) is 0 Å². The first-order valence-corrected chi connectivity index (χ1v) is 22.7. The predicted molar refractivity (Wildman–Crippen MR) is 211 cm³/mol. The highest BCUT2D eigenvalue weighted by Crippen LogP contribution is 2.73. The van der Waals surface area contributed by atoms with E-state index in [2.05, 4.69) is 58.0 Å². The Balaban J connectivity index is 1.23. The number of benzene rings is 3. The van der Waals surface area contributed by atoms with Crippen LogP contribution in [0.25, 0.3) is 0 Å². The molecule has 292 valence electrons. The number of ether oxygens (including phenoxy) is 1. The van der Waals surface area contributed by atoms with Crippen molar-refractivity contribution in [1.29, 1.82) is 0 Å². The van der Waals surface area contributed by atoms with Crippen molar-refractivity contribution in [2.24, 2.45) is 51.8 Å². The van der Waals surface area contributed by atoms with Crippen molar-refractivity contribution in [3.05, 3.63) is 107 Å². The zero-order chi connectivity index (χ0) is 38.5. The van der Waals surface area contributed by atoms with Crippen LogP contribution in [0, 0.1) is 65.6 Å². The first-order chi connectivity index (χ1) is 25.6. The summed E-state index contributed by atoms with van der Waals surface area (Å²) in [6.45, 7) is 14.5. The van der Waals surface area contributed by atoms with Crippen molar-refractivity contribution in [2.45, 2.75) is 96.5 Å². The van der Waals surface area contributed by atoms with Gasteiger partial charge in [0.2, 0.25) is 0 Å². The van der Waals surface area contributed by atoms with Crippen LogP contribution in [-0.4, -0.2) is 36.7 Å². The highest BCUT2D eigenvalue weighted by Gasteiger charge is 2.67. The number of rotatable bonds is 13. The van der Waals surface area contributed by atoms with Gasteiger partial charge in [-0.2, -0.15) is 16.8 Å². The topological polar surface area (TPSA) is 96.0 Å². The first kappa shape index (κ1) is 39.4. The second-order valence-electron chi connectivity index (χ2n) is 17.8. The van der Waals surface area contributed by atoms with Gasteiger partial charge in [-0.15, -0.1) is 0 Å². The van der Waals surface area contributed by atoms with E-state index in [1.165, 1.54) is 11.1 Å². The lowest BCUT2D eigenvalue weighted by Gasteiger charge is -2.70. The van der Waals surface area contributed by atoms with Crippen LogP contribution in [0.1, 0.15) is 82.9 Å². The zero-order valence-electron chi connectivity index (χ0n) is 32.8. The van der Waals surface area contributed by atoms with Crippen molar-refractivity contribution >= 4 is 20.2 Å². The lowest BCUT2D eigenvalue weighted by Crippen LogP contribution is -2.65. The average Bonchev–Trinajstić information content (AvgIpc) is 3.13. The second-order valence-corrected chi connectivity index (χ2v) is 21.0. The summed E-state index contributed by atoms with van der Waals surface area (Å²) in [6, 6.07) is 23.9. The smallest absolute Gasteiger partial charge is 0.296 e. The van der Waals surface area contributed by atoms with Gasteiger partial charge in [-0.1, -0.05) is 111 Å². The minimum atomic E-state index is -4.06. The Hall–Kier alpha value is -2.82. The molecule has 0 unspecified atom stereocenters. The molecule has 8 rings (SSSR count). The van der Waals surface area contributed by atoms with E-state index in [9.17, 15) is 16.8 Å². The van der Waals surface area contributed by atoms with Gasteiger partial charge in [0.1, 0.15) is 0 Å². The minimum absolute atomic E-state index is 0.00744. The molecule has 2 bridgehead atoms. The molecule has 1 spiro atoms. The third kappa shape index (κ3) is 7.29. The highest BCUT2D eigenvalue weighted by atomic mass is 32.2. The van der Waals surface area contributed by atoms with Gasteiger partial charge in [-0.25, -0.2) is 0 Å². The Kier molecular flexibility index (Phi) is 10.9. The van der Waals surface area contributed by atoms with Crippen LogP contribution in [0.4, 0.5) is 0 Å². The summed E-state index contributed by atoms with van der Waals surface area (Å²) >= 11 is 0. The molecule has 3 saturated carbocycles. The van der Waals surface area contributed by atoms with E-state index in [0.29, 0.717) is 19.1 Å². The Morgan fingerprint density at radius 2 is 1.33 bits per heavy atom. The standard InChI is InChI=1S/C45H58O7S2/c1-31(2)38-26-45-24-21-41-43(5,30-50-27-34-11-8-7-9-12-34)22-10-23-44(41,6)42(45)25-37(38)39(28-51-53(46,47)35-17-13-32(3)14-18-35)40(45)29-52-54(48,49)36-19-15-33(4)16-20-36/h7-9,11-20,26,31,37,39-42H,10,21-25,27-30H2,1-6H3/t37-,39-,40+,41-,42+,43-,44-,45+/m0/s1. The van der Waals surface area contributed by atoms with Crippen molar-refractivity contribution in [1.82, 2.24) is 0 Å². The van der Waals surface area contributed by atoms with Gasteiger partial charge < -0.3 is 4.74 Å². The van der Waals surface area contributed by atoms with Gasteiger partial charge >= 0.3 is 0 Å². The number of aryl methyl sites for hydroxylation is 2. The lowest BCUT2D eigenvalue weighted by molar-refractivity contribution is -0.200. The van der Waals surface area contributed by atoms with Crippen molar-refractivity contribution in [2.75, 3.05) is 19.8 Å². The zero-order valence-corrected chi connectivity index (χ0v) is 34.4. The number of fused-ring (bicyclic) bond motifs is 2. The molecule has 0 radical (unpaired) electrons. The molecular weight excluding hydrogens is 717 g/mol. The third-order valence-corrected chi connectivity index (χ3v) is 16.7. The fraction of sp³-hybridized carbons (Fsp3) is 0.556. The third-order valence-electron chi connectivity index (χ3n) is 14.1. The quantitative estimate of drug-likeness (QED) is 0.126. The van der Waals surface area contributed by atoms with E-state index in [-0.39, 0.29) is 68.8 Å². The van der Waals surface area contributed by atoms with Crippen LogP contribution >= 0.6 is 0 Å². The largest absolute Gasteiger partial charge is 0.376 e. The van der Waals surface area contributed by atoms with E-state index >= 15 is 0 Å². The van der Waals surface area contributed by atoms with Gasteiger partial charge in [0.15, 0.2) is 0 Å². The molecule has 3 aromatic rings. The second kappa shape index (κ2) is 14.9. The van der Waals surface area contributed by atoms with E-state index in [1.807, 2.05) is 19.9 Å². The summed E-state index contributed by atoms with van der Waals surface area (Å²) in [7, 11) is -8.11. The maximum atomic E-state index is 13.8. The van der Waals surface area contributed by atoms with Gasteiger partial charge in [0, 0.05) is 0 Å². The molecule has 0 aromatic heterocycles. The van der Waals surface area contributed by atoms with Gasteiger partial charge in [0.25, 0.3) is 20.2 Å². The molecule has 0 N–H and O–H groups in total. The molecule has 9 heteroatoms. The molecule has 54 heavy (non-hydrogen) atoms. The van der Waals surface area contributed by atoms with E-state index in [4.69, 9.17) is 13.1 Å². The Bertz CT molecular complexity index is 2040. The Morgan fingerprint density at radius 1 is 0.741 bits per heavy atom. The lowest BCUT2D eigenvalue weighted by atomic mass is 9.34. The number of hydrogen-bond donors (Lipinski definition) is 0. The van der Waals surface area contributed by atoms with Gasteiger partial charge in [-0.3, -0.25) is 8.37 Å².